The van der Waals surface area contributed by atoms with Crippen LogP contribution in [0.5, 0.6) is 0 Å². The zero-order valence-corrected chi connectivity index (χ0v) is 15.6. The van der Waals surface area contributed by atoms with Crippen LogP contribution < -0.4 is 10.6 Å². The number of methoxy groups -OCH3 is 1. The fraction of sp³-hybridized carbons (Fsp3) is 0.889. The molecule has 6 nitrogen and oxygen atoms in total. The van der Waals surface area contributed by atoms with Crippen molar-refractivity contribution in [1.29, 1.82) is 0 Å². The first-order valence-electron chi connectivity index (χ1n) is 9.29. The van der Waals surface area contributed by atoms with Gasteiger partial charge >= 0.3 is 0 Å². The topological polar surface area (TPSA) is 66.0 Å². The van der Waals surface area contributed by atoms with Crippen molar-refractivity contribution in [2.75, 3.05) is 40.9 Å². The molecule has 0 aromatic rings. The highest BCUT2D eigenvalue weighted by Crippen LogP contribution is 2.43. The van der Waals surface area contributed by atoms with Crippen molar-refractivity contribution >= 4 is 11.9 Å². The molecule has 0 spiro atoms. The van der Waals surface area contributed by atoms with Crippen LogP contribution in [0.2, 0.25) is 0 Å². The Labute approximate surface area is 146 Å². The van der Waals surface area contributed by atoms with Gasteiger partial charge in [-0.25, -0.2) is 4.99 Å². The van der Waals surface area contributed by atoms with Crippen molar-refractivity contribution in [3.8, 4) is 0 Å². The Morgan fingerprint density at radius 1 is 1.25 bits per heavy atom. The Morgan fingerprint density at radius 2 is 1.96 bits per heavy atom. The summed E-state index contributed by atoms with van der Waals surface area (Å²) in [5.74, 6) is 0.820. The second-order valence-electron chi connectivity index (χ2n) is 7.53. The van der Waals surface area contributed by atoms with Crippen LogP contribution in [-0.2, 0) is 9.53 Å². The summed E-state index contributed by atoms with van der Waals surface area (Å²) in [6, 6.07) is 0.488. The van der Waals surface area contributed by atoms with Crippen LogP contribution in [0.15, 0.2) is 4.99 Å². The molecule has 0 heterocycles. The fourth-order valence-corrected chi connectivity index (χ4v) is 3.49. The van der Waals surface area contributed by atoms with Crippen molar-refractivity contribution in [2.24, 2.45) is 10.4 Å². The standard InChI is InChI=1S/C18H34N4O2/c1-22(2)16(23)13-19-17(21-15-7-4-5-8-15)20-14-18(9-6-10-18)11-12-24-3/h15H,4-14H2,1-3H3,(H2,19,20,21). The maximum absolute atomic E-state index is 11.8. The minimum Gasteiger partial charge on any atom is -0.385 e. The molecule has 2 N–H and O–H groups in total. The summed E-state index contributed by atoms with van der Waals surface area (Å²) in [5.41, 5.74) is 0.333. The third kappa shape index (κ3) is 5.65. The lowest BCUT2D eigenvalue weighted by atomic mass is 9.67. The molecule has 0 aromatic carbocycles. The predicted octanol–water partition coefficient (Wildman–Crippen LogP) is 1.76. The van der Waals surface area contributed by atoms with E-state index in [-0.39, 0.29) is 12.5 Å². The van der Waals surface area contributed by atoms with Crippen molar-refractivity contribution in [3.05, 3.63) is 0 Å². The van der Waals surface area contributed by atoms with E-state index >= 15 is 0 Å². The lowest BCUT2D eigenvalue weighted by Crippen LogP contribution is -2.49. The summed E-state index contributed by atoms with van der Waals surface area (Å²) in [6.45, 7) is 1.91. The van der Waals surface area contributed by atoms with E-state index in [1.807, 2.05) is 0 Å². The van der Waals surface area contributed by atoms with Gasteiger partial charge in [0, 0.05) is 40.4 Å². The van der Waals surface area contributed by atoms with Gasteiger partial charge in [-0.3, -0.25) is 4.79 Å². The highest BCUT2D eigenvalue weighted by molar-refractivity contribution is 5.85. The number of amides is 1. The van der Waals surface area contributed by atoms with Gasteiger partial charge in [-0.2, -0.15) is 0 Å². The number of aliphatic imine (C=N–C) groups is 1. The van der Waals surface area contributed by atoms with E-state index in [2.05, 4.69) is 15.6 Å². The van der Waals surface area contributed by atoms with Gasteiger partial charge in [0.15, 0.2) is 5.96 Å². The van der Waals surface area contributed by atoms with Gasteiger partial charge in [0.1, 0.15) is 6.54 Å². The number of hydrogen-bond acceptors (Lipinski definition) is 3. The lowest BCUT2D eigenvalue weighted by Gasteiger charge is -2.42. The van der Waals surface area contributed by atoms with Crippen molar-refractivity contribution in [3.63, 3.8) is 0 Å². The Morgan fingerprint density at radius 3 is 2.50 bits per heavy atom. The van der Waals surface area contributed by atoms with E-state index in [1.54, 1.807) is 26.1 Å². The van der Waals surface area contributed by atoms with Gasteiger partial charge < -0.3 is 20.3 Å². The second kappa shape index (κ2) is 9.25. The van der Waals surface area contributed by atoms with Gasteiger partial charge in [0.2, 0.25) is 5.91 Å². The first-order chi connectivity index (χ1) is 11.5. The first kappa shape index (κ1) is 19.0. The molecule has 0 unspecified atom stereocenters. The van der Waals surface area contributed by atoms with Crippen molar-refractivity contribution in [2.45, 2.75) is 57.4 Å². The molecule has 0 atom stereocenters. The summed E-state index contributed by atoms with van der Waals surface area (Å²) in [5, 5.41) is 7.03. The average molecular weight is 338 g/mol. The molecule has 2 saturated carbocycles. The number of likely N-dealkylation sites (N-methyl/N-ethyl adjacent to an activating group) is 1. The van der Waals surface area contributed by atoms with E-state index in [4.69, 9.17) is 4.74 Å². The largest absolute Gasteiger partial charge is 0.385 e. The number of carbonyl (C=O) groups is 1. The van der Waals surface area contributed by atoms with Crippen LogP contribution in [-0.4, -0.2) is 63.7 Å². The molecule has 0 aromatic heterocycles. The van der Waals surface area contributed by atoms with E-state index in [0.29, 0.717) is 11.5 Å². The maximum atomic E-state index is 11.8. The van der Waals surface area contributed by atoms with Gasteiger partial charge in [0.25, 0.3) is 0 Å². The number of hydrogen-bond donors (Lipinski definition) is 2. The second-order valence-corrected chi connectivity index (χ2v) is 7.53. The summed E-state index contributed by atoms with van der Waals surface area (Å²) >= 11 is 0. The molecule has 6 heteroatoms. The molecule has 24 heavy (non-hydrogen) atoms. The van der Waals surface area contributed by atoms with Crippen LogP contribution in [0.25, 0.3) is 0 Å². The molecule has 0 aliphatic heterocycles. The van der Waals surface area contributed by atoms with Crippen LogP contribution >= 0.6 is 0 Å². The Kier molecular flexibility index (Phi) is 7.34. The van der Waals surface area contributed by atoms with Crippen LogP contribution in [0.4, 0.5) is 0 Å². The predicted molar refractivity (Wildman–Crippen MR) is 97.2 cm³/mol. The SMILES string of the molecule is COCCC1(CNC(=NCC(=O)N(C)C)NC2CCCC2)CCC1. The summed E-state index contributed by atoms with van der Waals surface area (Å²) < 4.78 is 5.27. The van der Waals surface area contributed by atoms with Crippen LogP contribution in [0.3, 0.4) is 0 Å². The van der Waals surface area contributed by atoms with Crippen LogP contribution in [0, 0.1) is 5.41 Å². The fourth-order valence-electron chi connectivity index (χ4n) is 3.49. The highest BCUT2D eigenvalue weighted by Gasteiger charge is 2.36. The molecule has 1 amide bonds. The molecule has 2 aliphatic rings. The van der Waals surface area contributed by atoms with E-state index in [9.17, 15) is 4.79 Å². The van der Waals surface area contributed by atoms with Gasteiger partial charge in [-0.15, -0.1) is 0 Å². The summed E-state index contributed by atoms with van der Waals surface area (Å²) in [6.07, 6.45) is 9.82. The number of rotatable bonds is 8. The van der Waals surface area contributed by atoms with Crippen molar-refractivity contribution < 1.29 is 9.53 Å². The number of nitrogens with one attached hydrogen (secondary N) is 2. The van der Waals surface area contributed by atoms with Crippen LogP contribution in [0.1, 0.15) is 51.4 Å². The normalized spacial score (nSPS) is 20.5. The van der Waals surface area contributed by atoms with E-state index in [0.717, 1.165) is 25.5 Å². The minimum atomic E-state index is 0.0280. The van der Waals surface area contributed by atoms with Gasteiger partial charge in [-0.1, -0.05) is 19.3 Å². The maximum Gasteiger partial charge on any atom is 0.243 e. The van der Waals surface area contributed by atoms with E-state index < -0.39 is 0 Å². The minimum absolute atomic E-state index is 0.0280. The highest BCUT2D eigenvalue weighted by atomic mass is 16.5. The molecule has 138 valence electrons. The molecule has 2 fully saturated rings. The first-order valence-corrected chi connectivity index (χ1v) is 9.29. The van der Waals surface area contributed by atoms with E-state index in [1.165, 1.54) is 44.9 Å². The van der Waals surface area contributed by atoms with Gasteiger partial charge in [0.05, 0.1) is 0 Å². The molecule has 0 bridgehead atoms. The zero-order chi connectivity index (χ0) is 17.4. The number of nitrogens with zero attached hydrogens (tertiary/aromatic N) is 2. The summed E-state index contributed by atoms with van der Waals surface area (Å²) in [4.78, 5) is 17.9. The number of carbonyl (C=O) groups excluding carboxylic acids is 1. The molecular weight excluding hydrogens is 304 g/mol. The third-order valence-corrected chi connectivity index (χ3v) is 5.45. The molecule has 2 aliphatic carbocycles. The molecule has 0 saturated heterocycles. The molecular formula is C18H34N4O2. The number of ether oxygens (including phenoxy) is 1. The summed E-state index contributed by atoms with van der Waals surface area (Å²) in [7, 11) is 5.30. The Bertz CT molecular complexity index is 427. The molecule has 0 radical (unpaired) electrons. The van der Waals surface area contributed by atoms with Crippen molar-refractivity contribution in [1.82, 2.24) is 15.5 Å². The third-order valence-electron chi connectivity index (χ3n) is 5.45. The zero-order valence-electron chi connectivity index (χ0n) is 15.6. The Balaban J connectivity index is 1.91. The Hall–Kier alpha value is -1.30. The number of guanidine groups is 1. The van der Waals surface area contributed by atoms with Gasteiger partial charge in [-0.05, 0) is 37.5 Å². The molecule has 2 rings (SSSR count). The smallest absolute Gasteiger partial charge is 0.243 e. The lowest BCUT2D eigenvalue weighted by molar-refractivity contribution is -0.127. The quantitative estimate of drug-likeness (QED) is 0.523. The monoisotopic (exact) mass is 338 g/mol. The average Bonchev–Trinajstić information content (AvgIpc) is 3.03.